The Kier molecular flexibility index (Phi) is 6.63. The maximum atomic E-state index is 13.0. The van der Waals surface area contributed by atoms with E-state index in [9.17, 15) is 9.18 Å². The van der Waals surface area contributed by atoms with Gasteiger partial charge in [0.25, 0.3) is 0 Å². The van der Waals surface area contributed by atoms with Gasteiger partial charge in [0.15, 0.2) is 23.0 Å². The summed E-state index contributed by atoms with van der Waals surface area (Å²) in [6.07, 6.45) is 0.167. The number of fused-ring (bicyclic) bond motifs is 1. The van der Waals surface area contributed by atoms with E-state index in [1.807, 2.05) is 6.07 Å². The van der Waals surface area contributed by atoms with Crippen LogP contribution in [0.2, 0.25) is 0 Å². The van der Waals surface area contributed by atoms with E-state index < -0.39 is 0 Å². The van der Waals surface area contributed by atoms with Crippen LogP contribution >= 0.6 is 0 Å². The Morgan fingerprint density at radius 1 is 1.00 bits per heavy atom. The summed E-state index contributed by atoms with van der Waals surface area (Å²) in [5.41, 5.74) is 2.04. The summed E-state index contributed by atoms with van der Waals surface area (Å²) in [6, 6.07) is 14.7. The number of rotatable bonds is 9. The van der Waals surface area contributed by atoms with Crippen molar-refractivity contribution in [1.29, 1.82) is 0 Å². The Hall–Kier alpha value is -4.21. The molecule has 0 saturated heterocycles. The number of aromatic nitrogens is 4. The quantitative estimate of drug-likeness (QED) is 0.391. The standard InChI is InChI=1S/C23H22FN5O4/c1-31-18-8-5-16(14-19(18)32-2)23-27-26-20-9-10-22(28-29(20)23)33-12-11-25-21(30)13-15-3-6-17(24)7-4-15/h3-10,14H,11-13H2,1-2H3,(H,25,30). The van der Waals surface area contributed by atoms with Crippen LogP contribution in [0, 0.1) is 5.82 Å². The first-order valence-corrected chi connectivity index (χ1v) is 10.2. The number of methoxy groups -OCH3 is 2. The van der Waals surface area contributed by atoms with Crippen LogP contribution in [-0.2, 0) is 11.2 Å². The molecule has 2 aromatic heterocycles. The summed E-state index contributed by atoms with van der Waals surface area (Å²) in [5, 5.41) is 15.6. The highest BCUT2D eigenvalue weighted by Gasteiger charge is 2.13. The Morgan fingerprint density at radius 3 is 2.55 bits per heavy atom. The first-order chi connectivity index (χ1) is 16.1. The van der Waals surface area contributed by atoms with Gasteiger partial charge in [0, 0.05) is 11.6 Å². The molecule has 4 rings (SSSR count). The minimum absolute atomic E-state index is 0.167. The monoisotopic (exact) mass is 451 g/mol. The molecule has 2 heterocycles. The maximum absolute atomic E-state index is 13.0. The average molecular weight is 451 g/mol. The number of halogens is 1. The van der Waals surface area contributed by atoms with Gasteiger partial charge >= 0.3 is 0 Å². The molecular weight excluding hydrogens is 429 g/mol. The summed E-state index contributed by atoms with van der Waals surface area (Å²) in [5.74, 6) is 1.53. The van der Waals surface area contributed by atoms with Crippen LogP contribution < -0.4 is 19.5 Å². The molecule has 0 aliphatic rings. The first-order valence-electron chi connectivity index (χ1n) is 10.2. The van der Waals surface area contributed by atoms with E-state index in [0.29, 0.717) is 35.4 Å². The van der Waals surface area contributed by atoms with Gasteiger partial charge in [0.1, 0.15) is 12.4 Å². The number of amides is 1. The van der Waals surface area contributed by atoms with Crippen molar-refractivity contribution in [2.75, 3.05) is 27.4 Å². The molecule has 10 heteroatoms. The largest absolute Gasteiger partial charge is 0.493 e. The lowest BCUT2D eigenvalue weighted by atomic mass is 10.1. The van der Waals surface area contributed by atoms with E-state index in [1.54, 1.807) is 55.1 Å². The lowest BCUT2D eigenvalue weighted by Crippen LogP contribution is -2.29. The van der Waals surface area contributed by atoms with Gasteiger partial charge in [-0.3, -0.25) is 4.79 Å². The lowest BCUT2D eigenvalue weighted by molar-refractivity contribution is -0.120. The molecule has 4 aromatic rings. The maximum Gasteiger partial charge on any atom is 0.231 e. The fraction of sp³-hybridized carbons (Fsp3) is 0.217. The lowest BCUT2D eigenvalue weighted by Gasteiger charge is -2.09. The highest BCUT2D eigenvalue weighted by atomic mass is 19.1. The Bertz CT molecular complexity index is 1260. The summed E-state index contributed by atoms with van der Waals surface area (Å²) >= 11 is 0. The van der Waals surface area contributed by atoms with Crippen molar-refractivity contribution in [3.05, 3.63) is 66.0 Å². The fourth-order valence-electron chi connectivity index (χ4n) is 3.20. The third kappa shape index (κ3) is 5.17. The van der Waals surface area contributed by atoms with Gasteiger partial charge in [0.05, 0.1) is 27.2 Å². The highest BCUT2D eigenvalue weighted by Crippen LogP contribution is 2.31. The zero-order valence-electron chi connectivity index (χ0n) is 18.1. The van der Waals surface area contributed by atoms with Crippen LogP contribution in [-0.4, -0.2) is 53.1 Å². The molecule has 0 spiro atoms. The Labute approximate surface area is 189 Å². The van der Waals surface area contributed by atoms with Crippen LogP contribution in [0.4, 0.5) is 4.39 Å². The molecule has 0 atom stereocenters. The van der Waals surface area contributed by atoms with E-state index in [-0.39, 0.29) is 24.8 Å². The number of nitrogens with zero attached hydrogens (tertiary/aromatic N) is 4. The van der Waals surface area contributed by atoms with Gasteiger partial charge in [-0.15, -0.1) is 15.3 Å². The van der Waals surface area contributed by atoms with Gasteiger partial charge in [-0.2, -0.15) is 4.52 Å². The molecule has 0 unspecified atom stereocenters. The van der Waals surface area contributed by atoms with Crippen molar-refractivity contribution < 1.29 is 23.4 Å². The van der Waals surface area contributed by atoms with Crippen molar-refractivity contribution in [2.24, 2.45) is 0 Å². The number of benzene rings is 2. The van der Waals surface area contributed by atoms with E-state index in [0.717, 1.165) is 11.1 Å². The van der Waals surface area contributed by atoms with E-state index in [2.05, 4.69) is 20.6 Å². The zero-order valence-corrected chi connectivity index (χ0v) is 18.1. The van der Waals surface area contributed by atoms with Crippen molar-refractivity contribution in [1.82, 2.24) is 25.1 Å². The van der Waals surface area contributed by atoms with E-state index in [4.69, 9.17) is 14.2 Å². The van der Waals surface area contributed by atoms with Gasteiger partial charge < -0.3 is 19.5 Å². The minimum Gasteiger partial charge on any atom is -0.493 e. The number of carbonyl (C=O) groups excluding carboxylic acids is 1. The van der Waals surface area contributed by atoms with Crippen LogP contribution in [0.3, 0.4) is 0 Å². The normalized spacial score (nSPS) is 10.8. The Balaban J connectivity index is 1.38. The zero-order chi connectivity index (χ0) is 23.2. The molecule has 0 saturated carbocycles. The molecule has 170 valence electrons. The second kappa shape index (κ2) is 9.94. The van der Waals surface area contributed by atoms with Gasteiger partial charge in [-0.1, -0.05) is 12.1 Å². The molecule has 2 aromatic carbocycles. The number of carbonyl (C=O) groups is 1. The van der Waals surface area contributed by atoms with Crippen LogP contribution in [0.25, 0.3) is 17.0 Å². The van der Waals surface area contributed by atoms with E-state index >= 15 is 0 Å². The number of ether oxygens (including phenoxy) is 3. The van der Waals surface area contributed by atoms with Crippen molar-refractivity contribution in [3.8, 4) is 28.8 Å². The van der Waals surface area contributed by atoms with Crippen LogP contribution in [0.15, 0.2) is 54.6 Å². The van der Waals surface area contributed by atoms with Crippen molar-refractivity contribution in [3.63, 3.8) is 0 Å². The van der Waals surface area contributed by atoms with Crippen molar-refractivity contribution in [2.45, 2.75) is 6.42 Å². The summed E-state index contributed by atoms with van der Waals surface area (Å²) < 4.78 is 30.8. The topological polar surface area (TPSA) is 99.9 Å². The second-order valence-corrected chi connectivity index (χ2v) is 7.04. The summed E-state index contributed by atoms with van der Waals surface area (Å²) in [4.78, 5) is 12.0. The smallest absolute Gasteiger partial charge is 0.231 e. The summed E-state index contributed by atoms with van der Waals surface area (Å²) in [6.45, 7) is 0.520. The highest BCUT2D eigenvalue weighted by molar-refractivity contribution is 5.78. The average Bonchev–Trinajstić information content (AvgIpc) is 3.26. The molecule has 0 fully saturated rings. The van der Waals surface area contributed by atoms with Crippen LogP contribution in [0.1, 0.15) is 5.56 Å². The number of nitrogens with one attached hydrogen (secondary N) is 1. The molecule has 1 amide bonds. The molecule has 0 aliphatic heterocycles. The predicted molar refractivity (Wildman–Crippen MR) is 118 cm³/mol. The van der Waals surface area contributed by atoms with Crippen LogP contribution in [0.5, 0.6) is 17.4 Å². The van der Waals surface area contributed by atoms with E-state index in [1.165, 1.54) is 12.1 Å². The van der Waals surface area contributed by atoms with Gasteiger partial charge in [-0.25, -0.2) is 4.39 Å². The molecule has 0 bridgehead atoms. The van der Waals surface area contributed by atoms with Gasteiger partial charge in [0.2, 0.25) is 11.8 Å². The Morgan fingerprint density at radius 2 is 1.79 bits per heavy atom. The molecule has 0 aliphatic carbocycles. The second-order valence-electron chi connectivity index (χ2n) is 7.04. The molecular formula is C23H22FN5O4. The van der Waals surface area contributed by atoms with Crippen molar-refractivity contribution >= 4 is 11.6 Å². The third-order valence-electron chi connectivity index (χ3n) is 4.83. The molecule has 0 radical (unpaired) electrons. The minimum atomic E-state index is -0.334. The first kappa shape index (κ1) is 22.0. The van der Waals surface area contributed by atoms with Gasteiger partial charge in [-0.05, 0) is 42.0 Å². The fourth-order valence-corrected chi connectivity index (χ4v) is 3.20. The number of hydrogen-bond acceptors (Lipinski definition) is 7. The molecule has 1 N–H and O–H groups in total. The summed E-state index contributed by atoms with van der Waals surface area (Å²) in [7, 11) is 3.13. The predicted octanol–water partition coefficient (Wildman–Crippen LogP) is 2.69. The SMILES string of the molecule is COc1ccc(-c2nnc3ccc(OCCNC(=O)Cc4ccc(F)cc4)nn23)cc1OC. The number of hydrogen-bond donors (Lipinski definition) is 1. The molecule has 33 heavy (non-hydrogen) atoms. The molecule has 9 nitrogen and oxygen atoms in total. The third-order valence-corrected chi connectivity index (χ3v) is 4.83.